The topological polar surface area (TPSA) is 75.3 Å². The monoisotopic (exact) mass is 292 g/mol. The molecule has 1 aliphatic rings. The Labute approximate surface area is 122 Å². The van der Waals surface area contributed by atoms with Crippen LogP contribution in [0.25, 0.3) is 10.2 Å². The molecule has 0 bridgehead atoms. The number of nitrogen functional groups attached to an aromatic ring is 1. The molecule has 0 saturated carbocycles. The number of fused-ring (bicyclic) bond motifs is 1. The molecule has 1 aliphatic heterocycles. The van der Waals surface area contributed by atoms with Crippen molar-refractivity contribution in [3.05, 3.63) is 10.9 Å². The molecule has 0 spiro atoms. The van der Waals surface area contributed by atoms with Gasteiger partial charge in [-0.05, 0) is 32.3 Å². The minimum Gasteiger partial charge on any atom is -0.390 e. The van der Waals surface area contributed by atoms with Crippen molar-refractivity contribution in [2.75, 3.05) is 23.7 Å². The number of hydrogen-bond acceptors (Lipinski definition) is 6. The molecule has 3 N–H and O–H groups in total. The molecule has 0 radical (unpaired) electrons. The van der Waals surface area contributed by atoms with Gasteiger partial charge in [0.1, 0.15) is 10.6 Å². The van der Waals surface area contributed by atoms with Crippen molar-refractivity contribution in [2.24, 2.45) is 0 Å². The molecule has 2 aromatic heterocycles. The lowest BCUT2D eigenvalue weighted by Crippen LogP contribution is -2.42. The van der Waals surface area contributed by atoms with Crippen LogP contribution in [-0.2, 0) is 6.42 Å². The number of anilines is 2. The largest absolute Gasteiger partial charge is 0.390 e. The first-order valence-corrected chi connectivity index (χ1v) is 7.83. The third kappa shape index (κ3) is 2.45. The molecular formula is C14H20N4OS. The fraction of sp³-hybridized carbons (Fsp3) is 0.571. The number of hydrogen-bond donors (Lipinski definition) is 2. The second-order valence-corrected chi connectivity index (χ2v) is 6.79. The molecule has 0 aliphatic carbocycles. The zero-order valence-corrected chi connectivity index (χ0v) is 12.7. The van der Waals surface area contributed by atoms with Crippen molar-refractivity contribution < 1.29 is 5.11 Å². The van der Waals surface area contributed by atoms with Crippen molar-refractivity contribution in [3.63, 3.8) is 0 Å². The van der Waals surface area contributed by atoms with Gasteiger partial charge >= 0.3 is 0 Å². The highest BCUT2D eigenvalue weighted by atomic mass is 32.1. The predicted octanol–water partition coefficient (Wildman–Crippen LogP) is 2.19. The summed E-state index contributed by atoms with van der Waals surface area (Å²) in [7, 11) is 0. The van der Waals surface area contributed by atoms with Crippen LogP contribution in [0.5, 0.6) is 0 Å². The average Bonchev–Trinajstić information content (AvgIpc) is 2.80. The maximum Gasteiger partial charge on any atom is 0.223 e. The molecule has 3 rings (SSSR count). The fourth-order valence-electron chi connectivity index (χ4n) is 2.59. The van der Waals surface area contributed by atoms with Gasteiger partial charge in [-0.3, -0.25) is 0 Å². The summed E-state index contributed by atoms with van der Waals surface area (Å²) in [4.78, 5) is 13.2. The SMILES string of the molecule is CCc1cc2c(N3CCC(C)(O)CC3)nc(N)nc2s1. The predicted molar refractivity (Wildman–Crippen MR) is 83.3 cm³/mol. The van der Waals surface area contributed by atoms with Crippen molar-refractivity contribution >= 4 is 33.3 Å². The number of nitrogens with zero attached hydrogens (tertiary/aromatic N) is 3. The van der Waals surface area contributed by atoms with Gasteiger partial charge in [-0.15, -0.1) is 11.3 Å². The minimum atomic E-state index is -0.558. The number of rotatable bonds is 2. The van der Waals surface area contributed by atoms with E-state index in [1.807, 2.05) is 6.92 Å². The van der Waals surface area contributed by atoms with Crippen molar-refractivity contribution in [1.29, 1.82) is 0 Å². The summed E-state index contributed by atoms with van der Waals surface area (Å²) in [5.41, 5.74) is 5.29. The Morgan fingerprint density at radius 3 is 2.75 bits per heavy atom. The summed E-state index contributed by atoms with van der Waals surface area (Å²) in [5, 5.41) is 11.2. The molecule has 5 nitrogen and oxygen atoms in total. The third-order valence-electron chi connectivity index (χ3n) is 3.93. The van der Waals surface area contributed by atoms with Crippen LogP contribution in [0.15, 0.2) is 6.07 Å². The van der Waals surface area contributed by atoms with Gasteiger partial charge in [0.15, 0.2) is 0 Å². The van der Waals surface area contributed by atoms with E-state index >= 15 is 0 Å². The van der Waals surface area contributed by atoms with Crippen LogP contribution in [0, 0.1) is 0 Å². The zero-order chi connectivity index (χ0) is 14.3. The summed E-state index contributed by atoms with van der Waals surface area (Å²) in [6.45, 7) is 5.64. The average molecular weight is 292 g/mol. The first-order valence-electron chi connectivity index (χ1n) is 7.02. The number of aliphatic hydroxyl groups is 1. The molecule has 3 heterocycles. The Kier molecular flexibility index (Phi) is 3.30. The molecule has 0 unspecified atom stereocenters. The van der Waals surface area contributed by atoms with E-state index in [4.69, 9.17) is 5.73 Å². The number of aryl methyl sites for hydroxylation is 1. The molecule has 108 valence electrons. The standard InChI is InChI=1S/C14H20N4OS/c1-3-9-8-10-11(16-13(15)17-12(10)20-9)18-6-4-14(2,19)5-7-18/h8,19H,3-7H2,1-2H3,(H2,15,16,17). The van der Waals surface area contributed by atoms with Crippen molar-refractivity contribution in [2.45, 2.75) is 38.7 Å². The van der Waals surface area contributed by atoms with Crippen LogP contribution < -0.4 is 10.6 Å². The maximum absolute atomic E-state index is 10.1. The van der Waals surface area contributed by atoms with Crippen LogP contribution in [0.3, 0.4) is 0 Å². The number of nitrogens with two attached hydrogens (primary N) is 1. The molecule has 1 fully saturated rings. The molecule has 2 aromatic rings. The molecule has 0 amide bonds. The van der Waals surface area contributed by atoms with Crippen LogP contribution in [0.2, 0.25) is 0 Å². The van der Waals surface area contributed by atoms with E-state index in [1.165, 1.54) is 4.88 Å². The second-order valence-electron chi connectivity index (χ2n) is 5.67. The Bertz CT molecular complexity index is 627. The van der Waals surface area contributed by atoms with Gasteiger partial charge in [0.2, 0.25) is 5.95 Å². The zero-order valence-electron chi connectivity index (χ0n) is 11.9. The highest BCUT2D eigenvalue weighted by molar-refractivity contribution is 7.18. The van der Waals surface area contributed by atoms with Gasteiger partial charge in [-0.25, -0.2) is 4.98 Å². The molecule has 20 heavy (non-hydrogen) atoms. The van der Waals surface area contributed by atoms with Gasteiger partial charge in [0, 0.05) is 18.0 Å². The molecular weight excluding hydrogens is 272 g/mol. The Morgan fingerprint density at radius 2 is 2.10 bits per heavy atom. The summed E-state index contributed by atoms with van der Waals surface area (Å²) in [6.07, 6.45) is 2.50. The quantitative estimate of drug-likeness (QED) is 0.887. The Hall–Kier alpha value is -1.40. The van der Waals surface area contributed by atoms with E-state index in [1.54, 1.807) is 11.3 Å². The summed E-state index contributed by atoms with van der Waals surface area (Å²) in [6, 6.07) is 2.17. The van der Waals surface area contributed by atoms with Crippen LogP contribution >= 0.6 is 11.3 Å². The van der Waals surface area contributed by atoms with Crippen LogP contribution in [0.4, 0.5) is 11.8 Å². The Balaban J connectivity index is 2.00. The Morgan fingerprint density at radius 1 is 1.40 bits per heavy atom. The normalized spacial score (nSPS) is 18.6. The minimum absolute atomic E-state index is 0.328. The van der Waals surface area contributed by atoms with E-state index in [2.05, 4.69) is 27.9 Å². The van der Waals surface area contributed by atoms with Gasteiger partial charge < -0.3 is 15.7 Å². The van der Waals surface area contributed by atoms with Gasteiger partial charge in [-0.1, -0.05) is 6.92 Å². The van der Waals surface area contributed by atoms with Crippen LogP contribution in [0.1, 0.15) is 31.6 Å². The van der Waals surface area contributed by atoms with E-state index in [9.17, 15) is 5.11 Å². The lowest BCUT2D eigenvalue weighted by molar-refractivity contribution is 0.0350. The van der Waals surface area contributed by atoms with Gasteiger partial charge in [0.25, 0.3) is 0 Å². The number of thiophene rings is 1. The van der Waals surface area contributed by atoms with Gasteiger partial charge in [-0.2, -0.15) is 4.98 Å². The van der Waals surface area contributed by atoms with Crippen LogP contribution in [-0.4, -0.2) is 33.8 Å². The highest BCUT2D eigenvalue weighted by Gasteiger charge is 2.29. The third-order valence-corrected chi connectivity index (χ3v) is 5.10. The molecule has 0 aromatic carbocycles. The van der Waals surface area contributed by atoms with E-state index in [0.717, 1.165) is 48.4 Å². The molecule has 0 atom stereocenters. The molecule has 1 saturated heterocycles. The molecule has 6 heteroatoms. The smallest absolute Gasteiger partial charge is 0.223 e. The fourth-order valence-corrected chi connectivity index (χ4v) is 3.56. The summed E-state index contributed by atoms with van der Waals surface area (Å²) in [5.74, 6) is 1.24. The van der Waals surface area contributed by atoms with E-state index in [0.29, 0.717) is 5.95 Å². The highest BCUT2D eigenvalue weighted by Crippen LogP contribution is 2.34. The van der Waals surface area contributed by atoms with Crippen molar-refractivity contribution in [1.82, 2.24) is 9.97 Å². The summed E-state index contributed by atoms with van der Waals surface area (Å²) >= 11 is 1.68. The summed E-state index contributed by atoms with van der Waals surface area (Å²) < 4.78 is 0. The van der Waals surface area contributed by atoms with Gasteiger partial charge in [0.05, 0.1) is 11.0 Å². The van der Waals surface area contributed by atoms with E-state index in [-0.39, 0.29) is 0 Å². The van der Waals surface area contributed by atoms with E-state index < -0.39 is 5.60 Å². The number of piperidine rings is 1. The first-order chi connectivity index (χ1) is 9.48. The first kappa shape index (κ1) is 13.6. The lowest BCUT2D eigenvalue weighted by Gasteiger charge is -2.36. The lowest BCUT2D eigenvalue weighted by atomic mass is 9.94. The number of aromatic nitrogens is 2. The second kappa shape index (κ2) is 4.86. The van der Waals surface area contributed by atoms with Crippen molar-refractivity contribution in [3.8, 4) is 0 Å². The maximum atomic E-state index is 10.1.